The fraction of sp³-hybridized carbons (Fsp3) is 0.519. The first-order chi connectivity index (χ1) is 17.4. The van der Waals surface area contributed by atoms with Crippen LogP contribution in [0.25, 0.3) is 0 Å². The van der Waals surface area contributed by atoms with Gasteiger partial charge in [-0.25, -0.2) is 0 Å². The number of thioether (sulfide) groups is 1. The Hall–Kier alpha value is -2.29. The number of fused-ring (bicyclic) bond motifs is 1. The van der Waals surface area contributed by atoms with Gasteiger partial charge >= 0.3 is 5.97 Å². The van der Waals surface area contributed by atoms with Gasteiger partial charge in [-0.2, -0.15) is 0 Å². The summed E-state index contributed by atoms with van der Waals surface area (Å²) in [7, 11) is 0. The number of amides is 2. The van der Waals surface area contributed by atoms with Crippen molar-refractivity contribution in [1.82, 2.24) is 4.90 Å². The maximum atomic E-state index is 14.2. The minimum Gasteiger partial charge on any atom is -0.465 e. The number of esters is 1. The van der Waals surface area contributed by atoms with Crippen molar-refractivity contribution >= 4 is 46.8 Å². The summed E-state index contributed by atoms with van der Waals surface area (Å²) in [6, 6.07) is 6.25. The molecule has 3 aliphatic heterocycles. The number of halogens is 1. The number of aliphatic hydroxyl groups excluding tert-OH is 1. The Kier molecular flexibility index (Phi) is 8.48. The number of ether oxygens (including phenoxy) is 1. The van der Waals surface area contributed by atoms with Gasteiger partial charge in [-0.15, -0.1) is 24.9 Å². The molecule has 36 heavy (non-hydrogen) atoms. The smallest absolute Gasteiger partial charge is 0.310 e. The first-order valence-corrected chi connectivity index (χ1v) is 13.7. The molecule has 1 N–H and O–H groups in total. The first-order valence-electron chi connectivity index (χ1n) is 12.4. The maximum absolute atomic E-state index is 14.2. The lowest BCUT2D eigenvalue weighted by Crippen LogP contribution is -2.55. The van der Waals surface area contributed by atoms with E-state index in [0.717, 1.165) is 12.8 Å². The van der Waals surface area contributed by atoms with E-state index in [0.29, 0.717) is 30.0 Å². The Morgan fingerprint density at radius 1 is 1.25 bits per heavy atom. The van der Waals surface area contributed by atoms with Crippen LogP contribution in [0.3, 0.4) is 0 Å². The fourth-order valence-corrected chi connectivity index (χ4v) is 8.23. The van der Waals surface area contributed by atoms with Crippen LogP contribution in [0.5, 0.6) is 0 Å². The third kappa shape index (κ3) is 4.71. The van der Waals surface area contributed by atoms with E-state index in [1.165, 1.54) is 0 Å². The van der Waals surface area contributed by atoms with Gasteiger partial charge in [0.15, 0.2) is 0 Å². The molecule has 3 heterocycles. The van der Waals surface area contributed by atoms with Gasteiger partial charge in [-0.05, 0) is 56.4 Å². The average Bonchev–Trinajstić information content (AvgIpc) is 3.51. The van der Waals surface area contributed by atoms with E-state index in [-0.39, 0.29) is 49.3 Å². The quantitative estimate of drug-likeness (QED) is 0.250. The Balaban J connectivity index is 1.67. The maximum Gasteiger partial charge on any atom is 0.310 e. The van der Waals surface area contributed by atoms with Gasteiger partial charge in [0.25, 0.3) is 5.91 Å². The molecule has 1 aromatic rings. The largest absolute Gasteiger partial charge is 0.465 e. The minimum atomic E-state index is -0.745. The summed E-state index contributed by atoms with van der Waals surface area (Å²) in [5.74, 6) is -1.94. The number of carbonyl (C=O) groups is 3. The summed E-state index contributed by atoms with van der Waals surface area (Å²) in [5.41, 5.74) is 0.662. The van der Waals surface area contributed by atoms with Crippen molar-refractivity contribution in [3.05, 3.63) is 54.6 Å². The highest BCUT2D eigenvalue weighted by molar-refractivity contribution is 8.02. The fourth-order valence-electron chi connectivity index (χ4n) is 5.90. The molecule has 0 saturated carbocycles. The Labute approximate surface area is 221 Å². The second-order valence-electron chi connectivity index (χ2n) is 9.48. The van der Waals surface area contributed by atoms with E-state index < -0.39 is 22.6 Å². The van der Waals surface area contributed by atoms with Crippen LogP contribution in [0, 0.1) is 11.8 Å². The van der Waals surface area contributed by atoms with Crippen molar-refractivity contribution in [3.63, 3.8) is 0 Å². The van der Waals surface area contributed by atoms with Crippen LogP contribution in [0.4, 0.5) is 5.69 Å². The van der Waals surface area contributed by atoms with Crippen molar-refractivity contribution < 1.29 is 24.2 Å². The molecule has 194 valence electrons. The summed E-state index contributed by atoms with van der Waals surface area (Å²) in [6.07, 6.45) is 6.64. The summed E-state index contributed by atoms with van der Waals surface area (Å²) in [4.78, 5) is 44.5. The SMILES string of the molecule is C=CCCCOC(=O)[C@@H]1[C@@H]2CCC3(S2)C(C(=O)N(CC=C)c2ccc(Cl)cc2)N(CCCO)C(=O)[C@H]13. The topological polar surface area (TPSA) is 87.2 Å². The molecule has 5 atom stereocenters. The molecule has 1 aromatic carbocycles. The molecule has 3 fully saturated rings. The molecule has 0 aromatic heterocycles. The van der Waals surface area contributed by atoms with Gasteiger partial charge in [-0.1, -0.05) is 23.8 Å². The lowest BCUT2D eigenvalue weighted by atomic mass is 9.71. The van der Waals surface area contributed by atoms with Gasteiger partial charge in [-0.3, -0.25) is 14.4 Å². The van der Waals surface area contributed by atoms with E-state index in [9.17, 15) is 19.5 Å². The number of aliphatic hydroxyl groups is 1. The molecule has 7 nitrogen and oxygen atoms in total. The van der Waals surface area contributed by atoms with Gasteiger partial charge in [0.1, 0.15) is 6.04 Å². The van der Waals surface area contributed by atoms with Crippen LogP contribution < -0.4 is 4.90 Å². The number of benzene rings is 1. The highest BCUT2D eigenvalue weighted by Crippen LogP contribution is 2.66. The minimum absolute atomic E-state index is 0.0514. The molecular weight excluding hydrogens is 500 g/mol. The molecule has 2 bridgehead atoms. The summed E-state index contributed by atoms with van der Waals surface area (Å²) in [6.45, 7) is 8.21. The molecular formula is C27H33ClN2O5S. The lowest BCUT2D eigenvalue weighted by molar-refractivity contribution is -0.154. The molecule has 2 unspecified atom stereocenters. The van der Waals surface area contributed by atoms with Crippen molar-refractivity contribution in [3.8, 4) is 0 Å². The number of nitrogens with zero attached hydrogens (tertiary/aromatic N) is 2. The third-order valence-corrected chi connectivity index (χ3v) is 9.58. The monoisotopic (exact) mass is 532 g/mol. The van der Waals surface area contributed by atoms with Gasteiger partial charge in [0.05, 0.1) is 23.2 Å². The van der Waals surface area contributed by atoms with Crippen LogP contribution in [0.2, 0.25) is 5.02 Å². The van der Waals surface area contributed by atoms with E-state index in [2.05, 4.69) is 13.2 Å². The number of anilines is 1. The Bertz CT molecular complexity index is 1020. The summed E-state index contributed by atoms with van der Waals surface area (Å²) in [5, 5.41) is 10.0. The Morgan fingerprint density at radius 2 is 2.00 bits per heavy atom. The van der Waals surface area contributed by atoms with E-state index in [1.807, 2.05) is 0 Å². The summed E-state index contributed by atoms with van der Waals surface area (Å²) >= 11 is 7.67. The van der Waals surface area contributed by atoms with Gasteiger partial charge in [0.2, 0.25) is 5.91 Å². The first kappa shape index (κ1) is 26.8. The van der Waals surface area contributed by atoms with Crippen LogP contribution in [-0.2, 0) is 19.1 Å². The zero-order chi connectivity index (χ0) is 25.9. The molecule has 4 rings (SSSR count). The van der Waals surface area contributed by atoms with Crippen molar-refractivity contribution in [2.45, 2.75) is 48.1 Å². The number of likely N-dealkylation sites (tertiary alicyclic amines) is 1. The zero-order valence-corrected chi connectivity index (χ0v) is 21.9. The lowest BCUT2D eigenvalue weighted by Gasteiger charge is -2.37. The molecule has 3 aliphatic rings. The number of hydrogen-bond donors (Lipinski definition) is 1. The van der Waals surface area contributed by atoms with Gasteiger partial charge < -0.3 is 19.6 Å². The predicted molar refractivity (Wildman–Crippen MR) is 142 cm³/mol. The van der Waals surface area contributed by atoms with Crippen molar-refractivity contribution in [2.75, 3.05) is 31.2 Å². The Morgan fingerprint density at radius 3 is 2.67 bits per heavy atom. The summed E-state index contributed by atoms with van der Waals surface area (Å²) < 4.78 is 4.88. The van der Waals surface area contributed by atoms with Crippen molar-refractivity contribution in [2.24, 2.45) is 11.8 Å². The molecule has 3 saturated heterocycles. The number of hydrogen-bond acceptors (Lipinski definition) is 6. The van der Waals surface area contributed by atoms with E-state index >= 15 is 0 Å². The third-order valence-electron chi connectivity index (χ3n) is 7.38. The van der Waals surface area contributed by atoms with Gasteiger partial charge in [0, 0.05) is 35.7 Å². The zero-order valence-electron chi connectivity index (χ0n) is 20.3. The second kappa shape index (κ2) is 11.4. The number of rotatable bonds is 12. The van der Waals surface area contributed by atoms with Crippen molar-refractivity contribution in [1.29, 1.82) is 0 Å². The highest BCUT2D eigenvalue weighted by atomic mass is 35.5. The number of unbranched alkanes of at least 4 members (excludes halogenated alkanes) is 1. The standard InChI is InChI=1S/C27H33ClN2O5S/c1-3-5-6-17-35-26(34)21-20-12-13-27(36-20)22(21)24(32)30(15-7-16-31)23(27)25(33)29(14-4-2)19-10-8-18(28)9-11-19/h3-4,8-11,20-23,31H,1-2,5-7,12-17H2/t20-,21+,22-,23?,27?/m0/s1. The van der Waals surface area contributed by atoms with Crippen LogP contribution in [0.15, 0.2) is 49.6 Å². The molecule has 0 aliphatic carbocycles. The van der Waals surface area contributed by atoms with Crippen LogP contribution in [-0.4, -0.2) is 70.1 Å². The van der Waals surface area contributed by atoms with E-state index in [4.69, 9.17) is 16.3 Å². The average molecular weight is 533 g/mol. The highest BCUT2D eigenvalue weighted by Gasteiger charge is 2.74. The number of allylic oxidation sites excluding steroid dienone is 1. The van der Waals surface area contributed by atoms with E-state index in [1.54, 1.807) is 58.0 Å². The second-order valence-corrected chi connectivity index (χ2v) is 11.5. The molecule has 9 heteroatoms. The molecule has 0 radical (unpaired) electrons. The number of carbonyl (C=O) groups excluding carboxylic acids is 3. The van der Waals surface area contributed by atoms with Crippen LogP contribution >= 0.6 is 23.4 Å². The normalized spacial score (nSPS) is 28.2. The molecule has 1 spiro atoms. The predicted octanol–water partition coefficient (Wildman–Crippen LogP) is 3.84. The molecule has 2 amide bonds. The van der Waals surface area contributed by atoms with Crippen LogP contribution in [0.1, 0.15) is 32.1 Å².